The highest BCUT2D eigenvalue weighted by atomic mass is 35.5. The van der Waals surface area contributed by atoms with E-state index in [-0.39, 0.29) is 41.4 Å². The Labute approximate surface area is 153 Å². The molecular formula is C16H24ClN3O5. The summed E-state index contributed by atoms with van der Waals surface area (Å²) in [7, 11) is 3.26. The van der Waals surface area contributed by atoms with Gasteiger partial charge in [0.05, 0.1) is 24.7 Å². The molecule has 25 heavy (non-hydrogen) atoms. The second-order valence-electron chi connectivity index (χ2n) is 5.59. The van der Waals surface area contributed by atoms with Crippen LogP contribution in [0.4, 0.5) is 5.69 Å². The number of methoxy groups -OCH3 is 1. The largest absolute Gasteiger partial charge is 0.493 e. The molecule has 0 aromatic heterocycles. The van der Waals surface area contributed by atoms with E-state index in [0.29, 0.717) is 25.4 Å². The summed E-state index contributed by atoms with van der Waals surface area (Å²) >= 11 is 0. The molecule has 1 fully saturated rings. The first-order chi connectivity index (χ1) is 11.5. The first-order valence-electron chi connectivity index (χ1n) is 7.97. The fourth-order valence-electron chi connectivity index (χ4n) is 2.87. The van der Waals surface area contributed by atoms with Gasteiger partial charge in [0.2, 0.25) is 0 Å². The fourth-order valence-corrected chi connectivity index (χ4v) is 2.87. The third-order valence-corrected chi connectivity index (χ3v) is 4.13. The number of hydrogen-bond acceptors (Lipinski definition) is 6. The summed E-state index contributed by atoms with van der Waals surface area (Å²) in [4.78, 5) is 25.3. The Hall–Kier alpha value is -2.06. The number of nitro groups is 1. The summed E-state index contributed by atoms with van der Waals surface area (Å²) < 4.78 is 10.6. The monoisotopic (exact) mass is 373 g/mol. The number of nitro benzene ring substituents is 1. The van der Waals surface area contributed by atoms with E-state index >= 15 is 0 Å². The average Bonchev–Trinajstić information content (AvgIpc) is 2.60. The summed E-state index contributed by atoms with van der Waals surface area (Å²) in [6.07, 6.45) is 1.84. The molecule has 1 amide bonds. The smallest absolute Gasteiger partial charge is 0.286 e. The molecule has 1 N–H and O–H groups in total. The normalized spacial score (nSPS) is 16.8. The fraction of sp³-hybridized carbons (Fsp3) is 0.562. The molecule has 1 unspecified atom stereocenters. The predicted octanol–water partition coefficient (Wildman–Crippen LogP) is 2.25. The summed E-state index contributed by atoms with van der Waals surface area (Å²) in [6, 6.07) is 2.86. The van der Waals surface area contributed by atoms with Crippen LogP contribution in [-0.4, -0.2) is 55.6 Å². The number of piperidine rings is 1. The van der Waals surface area contributed by atoms with Crippen LogP contribution in [0, 0.1) is 10.1 Å². The Morgan fingerprint density at radius 3 is 2.72 bits per heavy atom. The minimum Gasteiger partial charge on any atom is -0.493 e. The topological polar surface area (TPSA) is 93.9 Å². The maximum Gasteiger partial charge on any atom is 0.286 e. The number of amides is 1. The minimum atomic E-state index is -0.565. The van der Waals surface area contributed by atoms with Crippen molar-refractivity contribution in [3.63, 3.8) is 0 Å². The quantitative estimate of drug-likeness (QED) is 0.607. The molecule has 140 valence electrons. The van der Waals surface area contributed by atoms with Crippen LogP contribution in [0.5, 0.6) is 11.5 Å². The van der Waals surface area contributed by atoms with E-state index in [4.69, 9.17) is 9.47 Å². The summed E-state index contributed by atoms with van der Waals surface area (Å²) in [6.45, 7) is 3.28. The van der Waals surface area contributed by atoms with Gasteiger partial charge < -0.3 is 19.7 Å². The number of nitrogens with one attached hydrogen (secondary N) is 1. The second kappa shape index (κ2) is 9.43. The van der Waals surface area contributed by atoms with Crippen LogP contribution in [0.25, 0.3) is 0 Å². The first kappa shape index (κ1) is 21.0. The van der Waals surface area contributed by atoms with Crippen LogP contribution >= 0.6 is 12.4 Å². The molecule has 0 bridgehead atoms. The van der Waals surface area contributed by atoms with Crippen LogP contribution in [0.2, 0.25) is 0 Å². The zero-order chi connectivity index (χ0) is 17.7. The van der Waals surface area contributed by atoms with Crippen molar-refractivity contribution in [2.45, 2.75) is 25.8 Å². The van der Waals surface area contributed by atoms with Gasteiger partial charge in [-0.05, 0) is 26.8 Å². The molecular weight excluding hydrogens is 350 g/mol. The van der Waals surface area contributed by atoms with Crippen molar-refractivity contribution >= 4 is 24.0 Å². The molecule has 0 aliphatic carbocycles. The van der Waals surface area contributed by atoms with Gasteiger partial charge in [-0.1, -0.05) is 0 Å². The average molecular weight is 374 g/mol. The van der Waals surface area contributed by atoms with Crippen molar-refractivity contribution in [3.8, 4) is 11.5 Å². The highest BCUT2D eigenvalue weighted by molar-refractivity contribution is 5.99. The van der Waals surface area contributed by atoms with Crippen molar-refractivity contribution in [1.29, 1.82) is 0 Å². The van der Waals surface area contributed by atoms with Crippen LogP contribution < -0.4 is 14.8 Å². The molecule has 1 aromatic carbocycles. The third kappa shape index (κ3) is 4.73. The molecule has 0 radical (unpaired) electrons. The van der Waals surface area contributed by atoms with Crippen molar-refractivity contribution in [2.24, 2.45) is 0 Å². The zero-order valence-corrected chi connectivity index (χ0v) is 15.4. The van der Waals surface area contributed by atoms with E-state index in [0.717, 1.165) is 12.8 Å². The highest BCUT2D eigenvalue weighted by Gasteiger charge is 2.30. The Morgan fingerprint density at radius 2 is 2.16 bits per heavy atom. The van der Waals surface area contributed by atoms with E-state index in [9.17, 15) is 14.9 Å². The number of carbonyl (C=O) groups is 1. The van der Waals surface area contributed by atoms with Gasteiger partial charge in [0.15, 0.2) is 11.5 Å². The number of hydrogen-bond donors (Lipinski definition) is 1. The molecule has 0 spiro atoms. The highest BCUT2D eigenvalue weighted by Crippen LogP contribution is 2.35. The molecule has 9 heteroatoms. The van der Waals surface area contributed by atoms with Crippen molar-refractivity contribution in [2.75, 3.05) is 33.9 Å². The van der Waals surface area contributed by atoms with Crippen molar-refractivity contribution in [3.05, 3.63) is 27.8 Å². The summed E-state index contributed by atoms with van der Waals surface area (Å²) in [5, 5.41) is 14.5. The van der Waals surface area contributed by atoms with E-state index in [1.165, 1.54) is 19.2 Å². The zero-order valence-electron chi connectivity index (χ0n) is 14.6. The van der Waals surface area contributed by atoms with Gasteiger partial charge in [-0.3, -0.25) is 14.9 Å². The lowest BCUT2D eigenvalue weighted by atomic mass is 10.0. The van der Waals surface area contributed by atoms with Gasteiger partial charge in [-0.15, -0.1) is 12.4 Å². The molecule has 1 aliphatic heterocycles. The molecule has 1 aliphatic rings. The molecule has 8 nitrogen and oxygen atoms in total. The van der Waals surface area contributed by atoms with E-state index < -0.39 is 4.92 Å². The molecule has 2 rings (SSSR count). The maximum atomic E-state index is 12.8. The molecule has 1 atom stereocenters. The predicted molar refractivity (Wildman–Crippen MR) is 96.1 cm³/mol. The standard InChI is InChI=1S/C16H23N3O5.ClH/c1-4-24-15-8-12(13(19(21)22)9-14(15)23-3)16(20)18-7-5-6-11(10-18)17-2;/h8-9,11,17H,4-7,10H2,1-3H3;1H. The van der Waals surface area contributed by atoms with Gasteiger partial charge in [0.1, 0.15) is 5.56 Å². The van der Waals surface area contributed by atoms with Crippen LogP contribution in [0.1, 0.15) is 30.1 Å². The van der Waals surface area contributed by atoms with Gasteiger partial charge >= 0.3 is 0 Å². The SMILES string of the molecule is CCOc1cc(C(=O)N2CCCC(NC)C2)c([N+](=O)[O-])cc1OC.Cl. The minimum absolute atomic E-state index is 0. The van der Waals surface area contributed by atoms with Crippen molar-refractivity contribution < 1.29 is 19.2 Å². The molecule has 1 aromatic rings. The summed E-state index contributed by atoms with van der Waals surface area (Å²) in [5.41, 5.74) is -0.243. The van der Waals surface area contributed by atoms with Gasteiger partial charge in [-0.2, -0.15) is 0 Å². The van der Waals surface area contributed by atoms with Gasteiger partial charge in [0, 0.05) is 25.2 Å². The van der Waals surface area contributed by atoms with Crippen molar-refractivity contribution in [1.82, 2.24) is 10.2 Å². The summed E-state index contributed by atoms with van der Waals surface area (Å²) in [5.74, 6) is 0.216. The van der Waals surface area contributed by atoms with Crippen LogP contribution in [0.15, 0.2) is 12.1 Å². The lowest BCUT2D eigenvalue weighted by Gasteiger charge is -2.32. The first-order valence-corrected chi connectivity index (χ1v) is 7.97. The molecule has 0 saturated carbocycles. The number of likely N-dealkylation sites (N-methyl/N-ethyl adjacent to an activating group) is 1. The number of nitrogens with zero attached hydrogens (tertiary/aromatic N) is 2. The lowest BCUT2D eigenvalue weighted by molar-refractivity contribution is -0.385. The number of benzene rings is 1. The Kier molecular flexibility index (Phi) is 7.92. The number of halogens is 1. The van der Waals surface area contributed by atoms with E-state index in [1.54, 1.807) is 11.8 Å². The van der Waals surface area contributed by atoms with Gasteiger partial charge in [-0.25, -0.2) is 0 Å². The van der Waals surface area contributed by atoms with Gasteiger partial charge in [0.25, 0.3) is 11.6 Å². The van der Waals surface area contributed by atoms with E-state index in [2.05, 4.69) is 5.32 Å². The Bertz CT molecular complexity index is 626. The number of rotatable bonds is 6. The number of carbonyl (C=O) groups excluding carboxylic acids is 1. The van der Waals surface area contributed by atoms with Crippen LogP contribution in [-0.2, 0) is 0 Å². The van der Waals surface area contributed by atoms with Crippen LogP contribution in [0.3, 0.4) is 0 Å². The Balaban J connectivity index is 0.00000312. The number of ether oxygens (including phenoxy) is 2. The third-order valence-electron chi connectivity index (χ3n) is 4.13. The van der Waals surface area contributed by atoms with E-state index in [1.807, 2.05) is 7.05 Å². The molecule has 1 heterocycles. The molecule has 1 saturated heterocycles. The second-order valence-corrected chi connectivity index (χ2v) is 5.59. The Morgan fingerprint density at radius 1 is 1.44 bits per heavy atom. The maximum absolute atomic E-state index is 12.8. The lowest BCUT2D eigenvalue weighted by Crippen LogP contribution is -2.47. The number of likely N-dealkylation sites (tertiary alicyclic amines) is 1.